The molecule has 0 spiro atoms. The van der Waals surface area contributed by atoms with Crippen LogP contribution < -0.4 is 10.2 Å². The lowest BCUT2D eigenvalue weighted by Gasteiger charge is -2.36. The Kier molecular flexibility index (Phi) is 3.94. The van der Waals surface area contributed by atoms with E-state index in [1.807, 2.05) is 30.3 Å². The van der Waals surface area contributed by atoms with Gasteiger partial charge in [-0.3, -0.25) is 29.8 Å². The highest BCUT2D eigenvalue weighted by Crippen LogP contribution is 2.41. The lowest BCUT2D eigenvalue weighted by atomic mass is 9.87. The van der Waals surface area contributed by atoms with Crippen LogP contribution in [0.15, 0.2) is 42.7 Å². The Balaban J connectivity index is 1.76. The number of anilines is 1. The van der Waals surface area contributed by atoms with E-state index in [4.69, 9.17) is 0 Å². The minimum atomic E-state index is -0.154. The number of rotatable bonds is 2. The predicted molar refractivity (Wildman–Crippen MR) is 107 cm³/mol. The quantitative estimate of drug-likeness (QED) is 0.584. The van der Waals surface area contributed by atoms with Gasteiger partial charge in [-0.1, -0.05) is 12.1 Å². The molecule has 1 aliphatic heterocycles. The van der Waals surface area contributed by atoms with Gasteiger partial charge in [0.05, 0.1) is 23.1 Å². The fraction of sp³-hybridized carbons (Fsp3) is 0.273. The summed E-state index contributed by atoms with van der Waals surface area (Å²) in [6, 6.07) is 9.42. The van der Waals surface area contributed by atoms with Crippen molar-refractivity contribution in [3.8, 4) is 11.3 Å². The zero-order valence-corrected chi connectivity index (χ0v) is 15.6. The molecule has 6 nitrogen and oxygen atoms in total. The molecule has 3 aromatic rings. The first-order valence-electron chi connectivity index (χ1n) is 9.62. The summed E-state index contributed by atoms with van der Waals surface area (Å²) in [7, 11) is 0. The average Bonchev–Trinajstić information content (AvgIpc) is 2.72. The van der Waals surface area contributed by atoms with Gasteiger partial charge in [-0.15, -0.1) is 0 Å². The summed E-state index contributed by atoms with van der Waals surface area (Å²) in [6.45, 7) is 2.41. The van der Waals surface area contributed by atoms with Gasteiger partial charge in [0.25, 0.3) is 0 Å². The number of nitrogens with zero attached hydrogens (tertiary/aromatic N) is 3. The molecule has 1 aromatic carbocycles. The summed E-state index contributed by atoms with van der Waals surface area (Å²) in [5, 5.41) is 5.15. The standard InChI is InChI=1S/C22H20N4O2/c1-13(27)26(17-7-2-3-10-23-17)16-6-4-5-15-19(16)22(28)21-18-14(9-12-25-21)8-11-24-20(15)18/h4-6,8-9,11-12,17,23H,2-3,7,10H2,1H3. The molecular formula is C22H20N4O2. The molecule has 1 amide bonds. The second-order valence-corrected chi connectivity index (χ2v) is 7.30. The molecule has 0 saturated carbocycles. The largest absolute Gasteiger partial charge is 0.297 e. The first-order chi connectivity index (χ1) is 13.7. The van der Waals surface area contributed by atoms with E-state index < -0.39 is 0 Å². The molecule has 0 bridgehead atoms. The van der Waals surface area contributed by atoms with Gasteiger partial charge in [-0.05, 0) is 49.4 Å². The summed E-state index contributed by atoms with van der Waals surface area (Å²) in [6.07, 6.45) is 6.30. The molecule has 3 heterocycles. The van der Waals surface area contributed by atoms with E-state index in [1.54, 1.807) is 24.2 Å². The molecule has 1 saturated heterocycles. The van der Waals surface area contributed by atoms with Crippen molar-refractivity contribution in [1.82, 2.24) is 15.3 Å². The maximum atomic E-state index is 13.5. The van der Waals surface area contributed by atoms with E-state index in [0.717, 1.165) is 47.8 Å². The van der Waals surface area contributed by atoms with Crippen molar-refractivity contribution >= 4 is 28.2 Å². The molecule has 1 fully saturated rings. The first-order valence-corrected chi connectivity index (χ1v) is 9.62. The van der Waals surface area contributed by atoms with Gasteiger partial charge in [0.1, 0.15) is 5.69 Å². The van der Waals surface area contributed by atoms with Gasteiger partial charge in [0.2, 0.25) is 11.7 Å². The van der Waals surface area contributed by atoms with Crippen molar-refractivity contribution in [1.29, 1.82) is 0 Å². The minimum absolute atomic E-state index is 0.0846. The molecule has 28 heavy (non-hydrogen) atoms. The second kappa shape index (κ2) is 6.49. The lowest BCUT2D eigenvalue weighted by Crippen LogP contribution is -2.51. The normalized spacial score (nSPS) is 18.0. The Labute approximate surface area is 162 Å². The molecule has 6 heteroatoms. The molecule has 1 aliphatic carbocycles. The molecule has 2 aromatic heterocycles. The van der Waals surface area contributed by atoms with Crippen LogP contribution in [0.25, 0.3) is 22.0 Å². The van der Waals surface area contributed by atoms with Gasteiger partial charge in [-0.25, -0.2) is 0 Å². The molecule has 0 radical (unpaired) electrons. The van der Waals surface area contributed by atoms with Gasteiger partial charge in [0, 0.05) is 30.3 Å². The number of hydrogen-bond acceptors (Lipinski definition) is 5. The number of fused-ring (bicyclic) bond motifs is 2. The summed E-state index contributed by atoms with van der Waals surface area (Å²) in [5.41, 5.74) is 3.05. The summed E-state index contributed by atoms with van der Waals surface area (Å²) in [5.74, 6) is -0.239. The van der Waals surface area contributed by atoms with E-state index in [-0.39, 0.29) is 17.9 Å². The highest BCUT2D eigenvalue weighted by molar-refractivity contribution is 6.26. The Morgan fingerprint density at radius 2 is 1.89 bits per heavy atom. The highest BCUT2D eigenvalue weighted by atomic mass is 16.2. The predicted octanol–water partition coefficient (Wildman–Crippen LogP) is 3.29. The van der Waals surface area contributed by atoms with Gasteiger partial charge in [0.15, 0.2) is 0 Å². The van der Waals surface area contributed by atoms with E-state index in [1.165, 1.54) is 0 Å². The number of ketones is 1. The maximum Gasteiger partial charge on any atom is 0.225 e. The summed E-state index contributed by atoms with van der Waals surface area (Å²) < 4.78 is 0. The van der Waals surface area contributed by atoms with Crippen LogP contribution in [-0.4, -0.2) is 34.4 Å². The third kappa shape index (κ3) is 2.45. The van der Waals surface area contributed by atoms with Crippen molar-refractivity contribution in [2.75, 3.05) is 11.4 Å². The number of amides is 1. The minimum Gasteiger partial charge on any atom is -0.297 e. The van der Waals surface area contributed by atoms with Crippen LogP contribution in [0, 0.1) is 0 Å². The number of pyridine rings is 2. The molecule has 1 N–H and O–H groups in total. The third-order valence-corrected chi connectivity index (χ3v) is 5.61. The summed E-state index contributed by atoms with van der Waals surface area (Å²) >= 11 is 0. The number of hydrogen-bond donors (Lipinski definition) is 1. The number of carbonyl (C=O) groups is 2. The molecule has 1 atom stereocenters. The van der Waals surface area contributed by atoms with Crippen LogP contribution in [0.4, 0.5) is 5.69 Å². The van der Waals surface area contributed by atoms with Crippen molar-refractivity contribution in [2.24, 2.45) is 0 Å². The van der Waals surface area contributed by atoms with E-state index >= 15 is 0 Å². The zero-order chi connectivity index (χ0) is 19.3. The Morgan fingerprint density at radius 3 is 2.61 bits per heavy atom. The summed E-state index contributed by atoms with van der Waals surface area (Å²) in [4.78, 5) is 36.7. The molecule has 1 unspecified atom stereocenters. The Hall–Kier alpha value is -3.12. The SMILES string of the molecule is CC(=O)N(c1cccc2c1C(=O)c1nccc3ccnc-2c13)C1CCCCN1. The number of nitrogens with one attached hydrogen (secondary N) is 1. The third-order valence-electron chi connectivity index (χ3n) is 5.61. The van der Waals surface area contributed by atoms with Crippen molar-refractivity contribution in [2.45, 2.75) is 32.4 Å². The lowest BCUT2D eigenvalue weighted by molar-refractivity contribution is -0.117. The highest BCUT2D eigenvalue weighted by Gasteiger charge is 2.34. The smallest absolute Gasteiger partial charge is 0.225 e. The molecule has 2 aliphatic rings. The molecule has 5 rings (SSSR count). The number of benzene rings is 1. The topological polar surface area (TPSA) is 75.2 Å². The van der Waals surface area contributed by atoms with Gasteiger partial charge in [-0.2, -0.15) is 0 Å². The van der Waals surface area contributed by atoms with Crippen LogP contribution >= 0.6 is 0 Å². The fourth-order valence-electron chi connectivity index (χ4n) is 4.40. The van der Waals surface area contributed by atoms with E-state index in [0.29, 0.717) is 16.9 Å². The van der Waals surface area contributed by atoms with Crippen molar-refractivity contribution in [3.05, 3.63) is 54.0 Å². The number of piperidine rings is 1. The Bertz CT molecular complexity index is 1110. The zero-order valence-electron chi connectivity index (χ0n) is 15.6. The van der Waals surface area contributed by atoms with Crippen LogP contribution in [0.2, 0.25) is 0 Å². The van der Waals surface area contributed by atoms with Gasteiger partial charge >= 0.3 is 0 Å². The van der Waals surface area contributed by atoms with Crippen LogP contribution in [-0.2, 0) is 4.79 Å². The van der Waals surface area contributed by atoms with Crippen molar-refractivity contribution < 1.29 is 9.59 Å². The van der Waals surface area contributed by atoms with E-state index in [2.05, 4.69) is 15.3 Å². The van der Waals surface area contributed by atoms with E-state index in [9.17, 15) is 9.59 Å². The van der Waals surface area contributed by atoms with Crippen LogP contribution in [0.1, 0.15) is 42.2 Å². The Morgan fingerprint density at radius 1 is 1.11 bits per heavy atom. The monoisotopic (exact) mass is 372 g/mol. The maximum absolute atomic E-state index is 13.5. The number of aromatic nitrogens is 2. The van der Waals surface area contributed by atoms with Crippen molar-refractivity contribution in [3.63, 3.8) is 0 Å². The second-order valence-electron chi connectivity index (χ2n) is 7.30. The van der Waals surface area contributed by atoms with Crippen LogP contribution in [0.5, 0.6) is 0 Å². The first kappa shape index (κ1) is 17.0. The molecule has 140 valence electrons. The molecular weight excluding hydrogens is 352 g/mol. The number of carbonyl (C=O) groups excluding carboxylic acids is 2. The average molecular weight is 372 g/mol. The van der Waals surface area contributed by atoms with Crippen LogP contribution in [0.3, 0.4) is 0 Å². The fourth-order valence-corrected chi connectivity index (χ4v) is 4.40. The van der Waals surface area contributed by atoms with Gasteiger partial charge < -0.3 is 0 Å².